The predicted molar refractivity (Wildman–Crippen MR) is 76.7 cm³/mol. The molecule has 2 unspecified atom stereocenters. The summed E-state index contributed by atoms with van der Waals surface area (Å²) in [6.45, 7) is 6.25. The lowest BCUT2D eigenvalue weighted by Gasteiger charge is -2.32. The van der Waals surface area contributed by atoms with Gasteiger partial charge in [0.1, 0.15) is 12.4 Å². The molecular formula is C15H21N3O2. The molecular weight excluding hydrogens is 254 g/mol. The Balaban J connectivity index is 1.62. The molecule has 0 aliphatic carbocycles. The molecule has 5 nitrogen and oxygen atoms in total. The summed E-state index contributed by atoms with van der Waals surface area (Å²) in [4.78, 5) is 14.6. The Morgan fingerprint density at radius 2 is 2.15 bits per heavy atom. The number of carbonyl (C=O) groups is 1. The van der Waals surface area contributed by atoms with Crippen molar-refractivity contribution in [1.82, 2.24) is 15.5 Å². The number of para-hydroxylation sites is 1. The van der Waals surface area contributed by atoms with Crippen molar-refractivity contribution >= 4 is 5.91 Å². The van der Waals surface area contributed by atoms with Crippen LogP contribution in [0.4, 0.5) is 0 Å². The third kappa shape index (κ3) is 2.64. The molecule has 108 valence electrons. The third-order valence-corrected chi connectivity index (χ3v) is 4.10. The lowest BCUT2D eigenvalue weighted by atomic mass is 10.1. The summed E-state index contributed by atoms with van der Waals surface area (Å²) < 4.78 is 5.60. The average molecular weight is 275 g/mol. The number of fused-ring (bicyclic) bond motifs is 1. The van der Waals surface area contributed by atoms with Crippen LogP contribution in [-0.4, -0.2) is 49.6 Å². The summed E-state index contributed by atoms with van der Waals surface area (Å²) in [5.41, 5.74) is 1.08. The zero-order chi connectivity index (χ0) is 13.9. The second kappa shape index (κ2) is 5.81. The number of benzene rings is 1. The molecule has 1 saturated heterocycles. The van der Waals surface area contributed by atoms with Crippen LogP contribution in [0.1, 0.15) is 18.5 Å². The van der Waals surface area contributed by atoms with Gasteiger partial charge in [-0.05, 0) is 13.0 Å². The van der Waals surface area contributed by atoms with Gasteiger partial charge in [0.15, 0.2) is 0 Å². The Kier molecular flexibility index (Phi) is 3.89. The normalized spacial score (nSPS) is 23.8. The highest BCUT2D eigenvalue weighted by Gasteiger charge is 2.29. The minimum Gasteiger partial charge on any atom is -0.491 e. The molecule has 1 fully saturated rings. The number of nitrogens with zero attached hydrogens (tertiary/aromatic N) is 1. The summed E-state index contributed by atoms with van der Waals surface area (Å²) in [7, 11) is 0. The number of amides is 1. The average Bonchev–Trinajstić information content (AvgIpc) is 2.91. The van der Waals surface area contributed by atoms with Gasteiger partial charge in [-0.15, -0.1) is 0 Å². The van der Waals surface area contributed by atoms with E-state index in [2.05, 4.69) is 15.5 Å². The van der Waals surface area contributed by atoms with Crippen molar-refractivity contribution in [2.75, 3.05) is 32.8 Å². The maximum atomic E-state index is 12.4. The van der Waals surface area contributed by atoms with Crippen molar-refractivity contribution < 1.29 is 9.53 Å². The van der Waals surface area contributed by atoms with Gasteiger partial charge in [0, 0.05) is 31.7 Å². The largest absolute Gasteiger partial charge is 0.491 e. The number of hydrogen-bond donors (Lipinski definition) is 2. The van der Waals surface area contributed by atoms with Gasteiger partial charge in [0.25, 0.3) is 0 Å². The predicted octanol–water partition coefficient (Wildman–Crippen LogP) is 0.530. The first-order valence-electron chi connectivity index (χ1n) is 7.22. The second-order valence-corrected chi connectivity index (χ2v) is 5.37. The number of carbonyl (C=O) groups excluding carboxylic acids is 1. The molecule has 1 aromatic rings. The van der Waals surface area contributed by atoms with Crippen LogP contribution >= 0.6 is 0 Å². The van der Waals surface area contributed by atoms with Crippen molar-refractivity contribution in [3.8, 4) is 5.75 Å². The molecule has 20 heavy (non-hydrogen) atoms. The molecule has 2 atom stereocenters. The van der Waals surface area contributed by atoms with E-state index in [9.17, 15) is 4.79 Å². The van der Waals surface area contributed by atoms with Crippen LogP contribution in [0.15, 0.2) is 24.3 Å². The molecule has 2 aliphatic heterocycles. The standard InChI is InChI=1S/C15H21N3O2/c1-11(18-8-6-16-7-9-18)15(19)17-13-10-20-14-5-3-2-4-12(13)14/h2-5,11,13,16H,6-10H2,1H3,(H,17,19). The van der Waals surface area contributed by atoms with Crippen molar-refractivity contribution in [1.29, 1.82) is 0 Å². The van der Waals surface area contributed by atoms with Gasteiger partial charge in [0.2, 0.25) is 5.91 Å². The first-order chi connectivity index (χ1) is 9.75. The van der Waals surface area contributed by atoms with Gasteiger partial charge < -0.3 is 15.4 Å². The zero-order valence-electron chi connectivity index (χ0n) is 11.8. The van der Waals surface area contributed by atoms with Crippen molar-refractivity contribution in [3.05, 3.63) is 29.8 Å². The molecule has 0 aromatic heterocycles. The number of rotatable bonds is 3. The van der Waals surface area contributed by atoms with E-state index in [4.69, 9.17) is 4.74 Å². The van der Waals surface area contributed by atoms with E-state index in [-0.39, 0.29) is 18.0 Å². The smallest absolute Gasteiger partial charge is 0.237 e. The fourth-order valence-corrected chi connectivity index (χ4v) is 2.81. The van der Waals surface area contributed by atoms with Gasteiger partial charge in [-0.2, -0.15) is 0 Å². The van der Waals surface area contributed by atoms with Crippen molar-refractivity contribution in [2.24, 2.45) is 0 Å². The maximum absolute atomic E-state index is 12.4. The van der Waals surface area contributed by atoms with E-state index in [1.54, 1.807) is 0 Å². The minimum absolute atomic E-state index is 0.0240. The van der Waals surface area contributed by atoms with Crippen LogP contribution in [0.5, 0.6) is 5.75 Å². The van der Waals surface area contributed by atoms with Gasteiger partial charge in [-0.1, -0.05) is 18.2 Å². The summed E-state index contributed by atoms with van der Waals surface area (Å²) in [6, 6.07) is 7.77. The Bertz CT molecular complexity index is 486. The topological polar surface area (TPSA) is 53.6 Å². The van der Waals surface area contributed by atoms with E-state index in [1.165, 1.54) is 0 Å². The Morgan fingerprint density at radius 3 is 2.95 bits per heavy atom. The summed E-state index contributed by atoms with van der Waals surface area (Å²) in [5, 5.41) is 6.41. The number of piperazine rings is 1. The molecule has 0 bridgehead atoms. The molecule has 0 radical (unpaired) electrons. The van der Waals surface area contributed by atoms with Gasteiger partial charge >= 0.3 is 0 Å². The van der Waals surface area contributed by atoms with E-state index < -0.39 is 0 Å². The first kappa shape index (κ1) is 13.4. The van der Waals surface area contributed by atoms with Crippen LogP contribution in [0.3, 0.4) is 0 Å². The van der Waals surface area contributed by atoms with Crippen molar-refractivity contribution in [2.45, 2.75) is 19.0 Å². The van der Waals surface area contributed by atoms with Gasteiger partial charge in [0.05, 0.1) is 12.1 Å². The van der Waals surface area contributed by atoms with E-state index in [0.29, 0.717) is 6.61 Å². The summed E-state index contributed by atoms with van der Waals surface area (Å²) in [5.74, 6) is 0.963. The van der Waals surface area contributed by atoms with Crippen LogP contribution in [0, 0.1) is 0 Å². The minimum atomic E-state index is -0.0927. The lowest BCUT2D eigenvalue weighted by Crippen LogP contribution is -2.53. The van der Waals surface area contributed by atoms with Crippen LogP contribution < -0.4 is 15.4 Å². The van der Waals surface area contributed by atoms with Crippen molar-refractivity contribution in [3.63, 3.8) is 0 Å². The second-order valence-electron chi connectivity index (χ2n) is 5.37. The molecule has 3 rings (SSSR count). The molecule has 5 heteroatoms. The van der Waals surface area contributed by atoms with Crippen LogP contribution in [0.25, 0.3) is 0 Å². The highest BCUT2D eigenvalue weighted by Crippen LogP contribution is 2.31. The molecule has 1 amide bonds. The Morgan fingerprint density at radius 1 is 1.40 bits per heavy atom. The number of ether oxygens (including phenoxy) is 1. The fraction of sp³-hybridized carbons (Fsp3) is 0.533. The highest BCUT2D eigenvalue weighted by molar-refractivity contribution is 5.82. The molecule has 2 N–H and O–H groups in total. The first-order valence-corrected chi connectivity index (χ1v) is 7.22. The van der Waals surface area contributed by atoms with E-state index in [0.717, 1.165) is 37.5 Å². The van der Waals surface area contributed by atoms with Crippen LogP contribution in [-0.2, 0) is 4.79 Å². The molecule has 0 saturated carbocycles. The van der Waals surface area contributed by atoms with Crippen LogP contribution in [0.2, 0.25) is 0 Å². The number of hydrogen-bond acceptors (Lipinski definition) is 4. The Labute approximate surface area is 119 Å². The maximum Gasteiger partial charge on any atom is 0.237 e. The monoisotopic (exact) mass is 275 g/mol. The quantitative estimate of drug-likeness (QED) is 0.845. The lowest BCUT2D eigenvalue weighted by molar-refractivity contribution is -0.127. The third-order valence-electron chi connectivity index (χ3n) is 4.10. The van der Waals surface area contributed by atoms with E-state index in [1.807, 2.05) is 31.2 Å². The molecule has 2 aliphatic rings. The van der Waals surface area contributed by atoms with Gasteiger partial charge in [-0.3, -0.25) is 9.69 Å². The summed E-state index contributed by atoms with van der Waals surface area (Å²) in [6.07, 6.45) is 0. The van der Waals surface area contributed by atoms with E-state index >= 15 is 0 Å². The number of nitrogens with one attached hydrogen (secondary N) is 2. The Hall–Kier alpha value is -1.59. The molecule has 0 spiro atoms. The fourth-order valence-electron chi connectivity index (χ4n) is 2.81. The molecule has 2 heterocycles. The SMILES string of the molecule is CC(C(=O)NC1COc2ccccc21)N1CCNCC1. The summed E-state index contributed by atoms with van der Waals surface area (Å²) >= 11 is 0. The highest BCUT2D eigenvalue weighted by atomic mass is 16.5. The van der Waals surface area contributed by atoms with Gasteiger partial charge in [-0.25, -0.2) is 0 Å². The molecule has 1 aromatic carbocycles. The zero-order valence-corrected chi connectivity index (χ0v) is 11.8.